The molecule has 4 aromatic rings. The number of sulfonamides is 1. The van der Waals surface area contributed by atoms with E-state index in [0.717, 1.165) is 0 Å². The highest BCUT2D eigenvalue weighted by Crippen LogP contribution is 2.29. The number of nitrogens with one attached hydrogen (secondary N) is 1. The quantitative estimate of drug-likeness (QED) is 0.211. The topological polar surface area (TPSA) is 132 Å². The van der Waals surface area contributed by atoms with Crippen LogP contribution >= 0.6 is 12.2 Å². The number of para-hydroxylation sites is 1. The third-order valence-corrected chi connectivity index (χ3v) is 6.73. The first-order valence-electron chi connectivity index (χ1n) is 11.2. The Morgan fingerprint density at radius 3 is 2.32 bits per heavy atom. The van der Waals surface area contributed by atoms with Gasteiger partial charge in [0, 0.05) is 5.56 Å². The van der Waals surface area contributed by atoms with Crippen molar-refractivity contribution in [1.82, 2.24) is 5.32 Å². The molecule has 3 N–H and O–H groups in total. The zero-order valence-electron chi connectivity index (χ0n) is 19.5. The monoisotopic (exact) mass is 545 g/mol. The van der Waals surface area contributed by atoms with E-state index in [1.807, 2.05) is 30.3 Å². The standard InChI is InChI=1S/C27H19N3O6S2/c28-38(33,34)22-8-4-5-17(15-22)24-14-13-21(36-24)16-23-25(31)29-27(37)30(26(23)32)18-9-11-20(12-10-18)35-19-6-2-1-3-7-19/h1-16H,(H2,28,33,34)(H,29,31,37)/b23-16+. The van der Waals surface area contributed by atoms with E-state index >= 15 is 0 Å². The highest BCUT2D eigenvalue weighted by Gasteiger charge is 2.34. The fourth-order valence-electron chi connectivity index (χ4n) is 3.73. The predicted molar refractivity (Wildman–Crippen MR) is 145 cm³/mol. The lowest BCUT2D eigenvalue weighted by molar-refractivity contribution is -0.122. The summed E-state index contributed by atoms with van der Waals surface area (Å²) in [5.41, 5.74) is 0.704. The third kappa shape index (κ3) is 5.25. The summed E-state index contributed by atoms with van der Waals surface area (Å²) >= 11 is 5.26. The molecule has 0 aliphatic carbocycles. The number of nitrogens with two attached hydrogens (primary N) is 1. The van der Waals surface area contributed by atoms with Gasteiger partial charge in [0.2, 0.25) is 10.0 Å². The van der Waals surface area contributed by atoms with Gasteiger partial charge in [0.1, 0.15) is 28.6 Å². The van der Waals surface area contributed by atoms with E-state index in [0.29, 0.717) is 28.5 Å². The lowest BCUT2D eigenvalue weighted by Crippen LogP contribution is -2.54. The van der Waals surface area contributed by atoms with Crippen molar-refractivity contribution >= 4 is 50.9 Å². The summed E-state index contributed by atoms with van der Waals surface area (Å²) in [4.78, 5) is 27.1. The first-order chi connectivity index (χ1) is 18.2. The van der Waals surface area contributed by atoms with Gasteiger partial charge in [0.05, 0.1) is 10.6 Å². The maximum Gasteiger partial charge on any atom is 0.270 e. The minimum absolute atomic E-state index is 0.0613. The lowest BCUT2D eigenvalue weighted by atomic mass is 10.1. The van der Waals surface area contributed by atoms with E-state index in [1.165, 1.54) is 29.2 Å². The number of nitrogens with zero attached hydrogens (tertiary/aromatic N) is 1. The van der Waals surface area contributed by atoms with E-state index in [4.69, 9.17) is 26.5 Å². The van der Waals surface area contributed by atoms with Gasteiger partial charge >= 0.3 is 0 Å². The maximum atomic E-state index is 13.3. The van der Waals surface area contributed by atoms with Gasteiger partial charge in [-0.2, -0.15) is 0 Å². The number of carbonyl (C=O) groups is 2. The van der Waals surface area contributed by atoms with Crippen LogP contribution in [0, 0.1) is 0 Å². The molecule has 0 saturated carbocycles. The molecule has 0 spiro atoms. The smallest absolute Gasteiger partial charge is 0.270 e. The Morgan fingerprint density at radius 1 is 0.895 bits per heavy atom. The number of benzene rings is 3. The number of hydrogen-bond donors (Lipinski definition) is 2. The molecule has 38 heavy (non-hydrogen) atoms. The third-order valence-electron chi connectivity index (χ3n) is 5.54. The molecule has 0 atom stereocenters. The number of amides is 2. The Morgan fingerprint density at radius 2 is 1.61 bits per heavy atom. The summed E-state index contributed by atoms with van der Waals surface area (Å²) in [5, 5.41) is 7.67. The molecule has 9 nitrogen and oxygen atoms in total. The lowest BCUT2D eigenvalue weighted by Gasteiger charge is -2.28. The number of anilines is 1. The van der Waals surface area contributed by atoms with Crippen molar-refractivity contribution in [3.05, 3.63) is 102 Å². The summed E-state index contributed by atoms with van der Waals surface area (Å²) in [6, 6.07) is 25.0. The van der Waals surface area contributed by atoms with Crippen molar-refractivity contribution in [2.45, 2.75) is 4.90 Å². The van der Waals surface area contributed by atoms with Gasteiger partial charge in [-0.3, -0.25) is 19.8 Å². The molecule has 1 fully saturated rings. The van der Waals surface area contributed by atoms with E-state index in [2.05, 4.69) is 5.32 Å². The van der Waals surface area contributed by atoms with E-state index in [9.17, 15) is 18.0 Å². The maximum absolute atomic E-state index is 13.3. The molecule has 0 bridgehead atoms. The second-order valence-electron chi connectivity index (χ2n) is 8.14. The van der Waals surface area contributed by atoms with Crippen LogP contribution in [0.4, 0.5) is 5.69 Å². The highest BCUT2D eigenvalue weighted by molar-refractivity contribution is 7.89. The molecule has 1 aromatic heterocycles. The average molecular weight is 546 g/mol. The molecular weight excluding hydrogens is 526 g/mol. The van der Waals surface area contributed by atoms with Crippen molar-refractivity contribution in [3.8, 4) is 22.8 Å². The van der Waals surface area contributed by atoms with Crippen LogP contribution in [0.2, 0.25) is 0 Å². The van der Waals surface area contributed by atoms with Crippen LogP contribution in [0.5, 0.6) is 11.5 Å². The molecule has 1 aliphatic rings. The number of ether oxygens (including phenoxy) is 1. The van der Waals surface area contributed by atoms with Crippen LogP contribution in [0.1, 0.15) is 5.76 Å². The van der Waals surface area contributed by atoms with E-state index in [-0.39, 0.29) is 21.3 Å². The molecule has 2 heterocycles. The Kier molecular flexibility index (Phi) is 6.64. The highest BCUT2D eigenvalue weighted by atomic mass is 32.2. The molecule has 1 saturated heterocycles. The second kappa shape index (κ2) is 10.1. The Balaban J connectivity index is 1.39. The fourth-order valence-corrected chi connectivity index (χ4v) is 4.57. The number of primary sulfonamides is 1. The molecule has 0 unspecified atom stereocenters. The van der Waals surface area contributed by atoms with Gasteiger partial charge < -0.3 is 9.15 Å². The van der Waals surface area contributed by atoms with Crippen LogP contribution in [-0.4, -0.2) is 25.3 Å². The van der Waals surface area contributed by atoms with Crippen LogP contribution in [0.3, 0.4) is 0 Å². The number of carbonyl (C=O) groups excluding carboxylic acids is 2. The van der Waals surface area contributed by atoms with E-state index in [1.54, 1.807) is 42.5 Å². The molecule has 2 amide bonds. The number of hydrogen-bond acceptors (Lipinski definition) is 7. The Hall–Kier alpha value is -4.58. The predicted octanol–water partition coefficient (Wildman–Crippen LogP) is 4.22. The van der Waals surface area contributed by atoms with Crippen molar-refractivity contribution < 1.29 is 27.2 Å². The Bertz CT molecular complexity index is 1690. The molecule has 5 rings (SSSR count). The molecular formula is C27H19N3O6S2. The zero-order valence-corrected chi connectivity index (χ0v) is 21.2. The van der Waals surface area contributed by atoms with Gasteiger partial charge in [0.15, 0.2) is 5.11 Å². The Labute approximate surface area is 223 Å². The molecule has 190 valence electrons. The van der Waals surface area contributed by atoms with E-state index < -0.39 is 21.8 Å². The summed E-state index contributed by atoms with van der Waals surface area (Å²) in [5.74, 6) is 0.451. The van der Waals surface area contributed by atoms with Crippen molar-refractivity contribution in [2.24, 2.45) is 5.14 Å². The first-order valence-corrected chi connectivity index (χ1v) is 13.1. The number of furan rings is 1. The summed E-state index contributed by atoms with van der Waals surface area (Å²) in [6.07, 6.45) is 1.30. The molecule has 1 aliphatic heterocycles. The molecule has 11 heteroatoms. The van der Waals surface area contributed by atoms with Crippen LogP contribution in [0.25, 0.3) is 17.4 Å². The van der Waals surface area contributed by atoms with Crippen LogP contribution in [-0.2, 0) is 19.6 Å². The van der Waals surface area contributed by atoms with Gasteiger partial charge in [-0.25, -0.2) is 13.6 Å². The number of thiocarbonyl (C=S) groups is 1. The summed E-state index contributed by atoms with van der Waals surface area (Å²) in [7, 11) is -3.90. The fraction of sp³-hybridized carbons (Fsp3) is 0. The SMILES string of the molecule is NS(=O)(=O)c1cccc(-c2ccc(/C=C3\C(=O)NC(=S)N(c4ccc(Oc5ccccc5)cc4)C3=O)o2)c1. The largest absolute Gasteiger partial charge is 0.457 e. The van der Waals surface area contributed by atoms with Crippen LogP contribution < -0.4 is 20.1 Å². The van der Waals surface area contributed by atoms with Gasteiger partial charge in [-0.1, -0.05) is 30.3 Å². The van der Waals surface area contributed by atoms with Crippen molar-refractivity contribution in [1.29, 1.82) is 0 Å². The minimum Gasteiger partial charge on any atom is -0.457 e. The summed E-state index contributed by atoms with van der Waals surface area (Å²) < 4.78 is 34.9. The van der Waals surface area contributed by atoms with Gasteiger partial charge in [-0.15, -0.1) is 0 Å². The molecule has 3 aromatic carbocycles. The summed E-state index contributed by atoms with van der Waals surface area (Å²) in [6.45, 7) is 0. The van der Waals surface area contributed by atoms with Crippen molar-refractivity contribution in [3.63, 3.8) is 0 Å². The normalized spacial score (nSPS) is 15.0. The molecule has 0 radical (unpaired) electrons. The van der Waals surface area contributed by atoms with Crippen LogP contribution in [0.15, 0.2) is 106 Å². The number of rotatable bonds is 6. The van der Waals surface area contributed by atoms with Gasteiger partial charge in [0.25, 0.3) is 11.8 Å². The minimum atomic E-state index is -3.90. The van der Waals surface area contributed by atoms with Gasteiger partial charge in [-0.05, 0) is 79.0 Å². The first kappa shape index (κ1) is 25.1. The second-order valence-corrected chi connectivity index (χ2v) is 10.1. The average Bonchev–Trinajstić information content (AvgIpc) is 3.36. The zero-order chi connectivity index (χ0) is 26.9. The van der Waals surface area contributed by atoms with Crippen molar-refractivity contribution in [2.75, 3.05) is 4.90 Å².